The highest BCUT2D eigenvalue weighted by Crippen LogP contribution is 2.39. The van der Waals surface area contributed by atoms with E-state index in [9.17, 15) is 13.2 Å². The first-order valence-corrected chi connectivity index (χ1v) is 7.25. The van der Waals surface area contributed by atoms with E-state index in [1.54, 1.807) is 24.1 Å². The molecule has 0 saturated heterocycles. The van der Waals surface area contributed by atoms with Crippen LogP contribution in [-0.2, 0) is 13.1 Å². The molecule has 1 aliphatic carbocycles. The van der Waals surface area contributed by atoms with E-state index in [-0.39, 0.29) is 12.3 Å². The van der Waals surface area contributed by atoms with Crippen LogP contribution < -0.4 is 4.74 Å². The lowest BCUT2D eigenvalue weighted by molar-refractivity contribution is -0.275. The molecule has 0 bridgehead atoms. The van der Waals surface area contributed by atoms with Crippen LogP contribution in [0, 0.1) is 0 Å². The van der Waals surface area contributed by atoms with Gasteiger partial charge in [-0.05, 0) is 26.0 Å². The molecule has 0 N–H and O–H groups in total. The summed E-state index contributed by atoms with van der Waals surface area (Å²) in [6.07, 6.45) is -2.57. The van der Waals surface area contributed by atoms with Crippen molar-refractivity contribution in [3.8, 4) is 5.75 Å². The lowest BCUT2D eigenvalue weighted by Gasteiger charge is -2.18. The third-order valence-electron chi connectivity index (χ3n) is 3.45. The molecule has 1 aromatic carbocycles. The van der Waals surface area contributed by atoms with Crippen molar-refractivity contribution in [1.82, 2.24) is 15.1 Å². The number of benzene rings is 1. The van der Waals surface area contributed by atoms with E-state index in [4.69, 9.17) is 4.42 Å². The van der Waals surface area contributed by atoms with E-state index < -0.39 is 6.36 Å². The van der Waals surface area contributed by atoms with Crippen LogP contribution in [-0.4, -0.2) is 28.5 Å². The lowest BCUT2D eigenvalue weighted by Crippen LogP contribution is -2.21. The Morgan fingerprint density at radius 2 is 1.96 bits per heavy atom. The predicted octanol–water partition coefficient (Wildman–Crippen LogP) is 3.48. The summed E-state index contributed by atoms with van der Waals surface area (Å²) >= 11 is 0. The van der Waals surface area contributed by atoms with Crippen molar-refractivity contribution in [2.75, 3.05) is 7.05 Å². The first-order valence-electron chi connectivity index (χ1n) is 7.25. The van der Waals surface area contributed by atoms with Crippen LogP contribution in [0.4, 0.5) is 13.2 Å². The molecule has 1 fully saturated rings. The molecule has 1 saturated carbocycles. The number of rotatable bonds is 6. The molecule has 0 unspecified atom stereocenters. The second-order valence-electron chi connectivity index (χ2n) is 5.64. The van der Waals surface area contributed by atoms with E-state index >= 15 is 0 Å². The third kappa shape index (κ3) is 4.44. The van der Waals surface area contributed by atoms with E-state index in [2.05, 4.69) is 14.9 Å². The molecule has 1 heterocycles. The number of para-hydroxylation sites is 1. The summed E-state index contributed by atoms with van der Waals surface area (Å²) in [4.78, 5) is 1.79. The number of hydrogen-bond donors (Lipinski definition) is 0. The van der Waals surface area contributed by atoms with Crippen molar-refractivity contribution in [2.45, 2.75) is 38.2 Å². The standard InChI is InChI=1S/C15H16F3N3O2/c1-21(9-13-19-20-14(22-13)10-6-7-10)8-11-4-2-3-5-12(11)23-15(16,17)18/h2-5,10H,6-9H2,1H3. The summed E-state index contributed by atoms with van der Waals surface area (Å²) in [6.45, 7) is 0.632. The van der Waals surface area contributed by atoms with Crippen LogP contribution in [0.1, 0.15) is 36.1 Å². The molecule has 124 valence electrons. The Morgan fingerprint density at radius 1 is 1.22 bits per heavy atom. The van der Waals surface area contributed by atoms with Gasteiger partial charge in [0.2, 0.25) is 11.8 Å². The number of alkyl halides is 3. The van der Waals surface area contributed by atoms with E-state index in [0.717, 1.165) is 12.8 Å². The molecular formula is C15H16F3N3O2. The molecule has 1 aromatic heterocycles. The summed E-state index contributed by atoms with van der Waals surface area (Å²) < 4.78 is 46.9. The smallest absolute Gasteiger partial charge is 0.424 e. The first-order chi connectivity index (χ1) is 10.9. The zero-order chi connectivity index (χ0) is 16.4. The van der Waals surface area contributed by atoms with E-state index in [0.29, 0.717) is 29.8 Å². The minimum atomic E-state index is -4.71. The van der Waals surface area contributed by atoms with Gasteiger partial charge in [0.25, 0.3) is 0 Å². The first kappa shape index (κ1) is 15.8. The van der Waals surface area contributed by atoms with Gasteiger partial charge in [-0.1, -0.05) is 18.2 Å². The quantitative estimate of drug-likeness (QED) is 0.813. The van der Waals surface area contributed by atoms with Crippen LogP contribution in [0.25, 0.3) is 0 Å². The highest BCUT2D eigenvalue weighted by atomic mass is 19.4. The SMILES string of the molecule is CN(Cc1nnc(C2CC2)o1)Cc1ccccc1OC(F)(F)F. The topological polar surface area (TPSA) is 51.4 Å². The monoisotopic (exact) mass is 327 g/mol. The minimum Gasteiger partial charge on any atom is -0.424 e. The molecule has 0 spiro atoms. The number of nitrogens with zero attached hydrogens (tertiary/aromatic N) is 3. The van der Waals surface area contributed by atoms with Crippen LogP contribution in [0.3, 0.4) is 0 Å². The summed E-state index contributed by atoms with van der Waals surface area (Å²) in [5.74, 6) is 1.29. The third-order valence-corrected chi connectivity index (χ3v) is 3.45. The molecule has 2 aromatic rings. The van der Waals surface area contributed by atoms with Gasteiger partial charge in [0.15, 0.2) is 0 Å². The molecule has 0 radical (unpaired) electrons. The largest absolute Gasteiger partial charge is 0.573 e. The van der Waals surface area contributed by atoms with Gasteiger partial charge in [0, 0.05) is 18.0 Å². The molecule has 0 aliphatic heterocycles. The van der Waals surface area contributed by atoms with Gasteiger partial charge >= 0.3 is 6.36 Å². The fraction of sp³-hybridized carbons (Fsp3) is 0.467. The summed E-state index contributed by atoms with van der Waals surface area (Å²) in [5, 5.41) is 7.96. The van der Waals surface area contributed by atoms with Gasteiger partial charge in [0.05, 0.1) is 6.54 Å². The van der Waals surface area contributed by atoms with Gasteiger partial charge in [-0.2, -0.15) is 0 Å². The average molecular weight is 327 g/mol. The Bertz CT molecular complexity index is 668. The highest BCUT2D eigenvalue weighted by molar-refractivity contribution is 5.33. The van der Waals surface area contributed by atoms with Gasteiger partial charge in [-0.3, -0.25) is 4.90 Å². The normalized spacial score (nSPS) is 15.2. The van der Waals surface area contributed by atoms with Crippen molar-refractivity contribution < 1.29 is 22.3 Å². The Balaban J connectivity index is 1.63. The van der Waals surface area contributed by atoms with Gasteiger partial charge < -0.3 is 9.15 Å². The summed E-state index contributed by atoms with van der Waals surface area (Å²) in [5.41, 5.74) is 0.439. The second kappa shape index (κ2) is 6.19. The van der Waals surface area contributed by atoms with Crippen molar-refractivity contribution >= 4 is 0 Å². The zero-order valence-corrected chi connectivity index (χ0v) is 12.5. The van der Waals surface area contributed by atoms with Crippen molar-refractivity contribution in [3.05, 3.63) is 41.6 Å². The van der Waals surface area contributed by atoms with E-state index in [1.165, 1.54) is 12.1 Å². The van der Waals surface area contributed by atoms with Gasteiger partial charge in [-0.15, -0.1) is 23.4 Å². The molecule has 5 nitrogen and oxygen atoms in total. The summed E-state index contributed by atoms with van der Waals surface area (Å²) in [6, 6.07) is 6.07. The van der Waals surface area contributed by atoms with Crippen LogP contribution >= 0.6 is 0 Å². The Kier molecular flexibility index (Phi) is 4.25. The fourth-order valence-electron chi connectivity index (χ4n) is 2.26. The maximum absolute atomic E-state index is 12.4. The van der Waals surface area contributed by atoms with Crippen molar-refractivity contribution in [3.63, 3.8) is 0 Å². The molecule has 0 atom stereocenters. The van der Waals surface area contributed by atoms with E-state index in [1.807, 2.05) is 0 Å². The van der Waals surface area contributed by atoms with Crippen LogP contribution in [0.5, 0.6) is 5.75 Å². The highest BCUT2D eigenvalue weighted by Gasteiger charge is 2.32. The maximum atomic E-state index is 12.4. The predicted molar refractivity (Wildman–Crippen MR) is 74.6 cm³/mol. The molecule has 8 heteroatoms. The number of aromatic nitrogens is 2. The number of ether oxygens (including phenoxy) is 1. The van der Waals surface area contributed by atoms with Crippen LogP contribution in [0.15, 0.2) is 28.7 Å². The van der Waals surface area contributed by atoms with Crippen molar-refractivity contribution in [1.29, 1.82) is 0 Å². The fourth-order valence-corrected chi connectivity index (χ4v) is 2.26. The van der Waals surface area contributed by atoms with Gasteiger partial charge in [0.1, 0.15) is 5.75 Å². The Morgan fingerprint density at radius 3 is 2.65 bits per heavy atom. The molecule has 3 rings (SSSR count). The Hall–Kier alpha value is -2.09. The molecule has 1 aliphatic rings. The molecular weight excluding hydrogens is 311 g/mol. The van der Waals surface area contributed by atoms with Crippen LogP contribution in [0.2, 0.25) is 0 Å². The minimum absolute atomic E-state index is 0.198. The second-order valence-corrected chi connectivity index (χ2v) is 5.64. The zero-order valence-electron chi connectivity index (χ0n) is 12.5. The summed E-state index contributed by atoms with van der Waals surface area (Å²) in [7, 11) is 1.77. The average Bonchev–Trinajstić information content (AvgIpc) is 3.20. The molecule has 0 amide bonds. The number of hydrogen-bond acceptors (Lipinski definition) is 5. The molecule has 23 heavy (non-hydrogen) atoms. The Labute approximate surface area is 131 Å². The van der Waals surface area contributed by atoms with Gasteiger partial charge in [-0.25, -0.2) is 0 Å². The lowest BCUT2D eigenvalue weighted by atomic mass is 10.2. The maximum Gasteiger partial charge on any atom is 0.573 e. The van der Waals surface area contributed by atoms with Crippen molar-refractivity contribution in [2.24, 2.45) is 0 Å². The number of halogens is 3.